The largest absolute Gasteiger partial charge is 0.334 e. The lowest BCUT2D eigenvalue weighted by molar-refractivity contribution is 0.0708. The molecule has 0 N–H and O–H groups in total. The van der Waals surface area contributed by atoms with Gasteiger partial charge in [0.15, 0.2) is 0 Å². The van der Waals surface area contributed by atoms with Gasteiger partial charge in [-0.2, -0.15) is 0 Å². The first-order valence-electron chi connectivity index (χ1n) is 11.7. The molecular formula is C24H35N3O. The summed E-state index contributed by atoms with van der Waals surface area (Å²) in [6.07, 6.45) is 11.3. The van der Waals surface area contributed by atoms with Crippen molar-refractivity contribution in [1.29, 1.82) is 0 Å². The van der Waals surface area contributed by atoms with Crippen molar-refractivity contribution in [2.45, 2.75) is 69.9 Å². The molecule has 0 spiro atoms. The minimum Gasteiger partial charge on any atom is -0.334 e. The number of likely N-dealkylation sites (tertiary alicyclic amines) is 3. The third-order valence-corrected chi connectivity index (χ3v) is 7.62. The topological polar surface area (TPSA) is 26.8 Å². The SMILES string of the molecule is O=C(c1ccc2c(c1)CCC(N1CCCC1)C2)N1CCCC1CN1CCCC1. The lowest BCUT2D eigenvalue weighted by Gasteiger charge is -2.33. The molecule has 4 heteroatoms. The smallest absolute Gasteiger partial charge is 0.254 e. The third kappa shape index (κ3) is 3.73. The van der Waals surface area contributed by atoms with Crippen LogP contribution in [0.1, 0.15) is 66.4 Å². The Kier molecular flexibility index (Phi) is 5.43. The molecule has 0 bridgehead atoms. The molecule has 2 atom stereocenters. The highest BCUT2D eigenvalue weighted by atomic mass is 16.2. The molecule has 2 unspecified atom stereocenters. The second-order valence-electron chi connectivity index (χ2n) is 9.43. The minimum absolute atomic E-state index is 0.270. The summed E-state index contributed by atoms with van der Waals surface area (Å²) in [4.78, 5) is 20.7. The minimum atomic E-state index is 0.270. The molecule has 152 valence electrons. The van der Waals surface area contributed by atoms with Gasteiger partial charge in [-0.3, -0.25) is 4.79 Å². The second-order valence-corrected chi connectivity index (χ2v) is 9.43. The zero-order valence-corrected chi connectivity index (χ0v) is 17.2. The Hall–Kier alpha value is -1.39. The van der Waals surface area contributed by atoms with Crippen LogP contribution in [0.3, 0.4) is 0 Å². The molecule has 4 nitrogen and oxygen atoms in total. The standard InChI is InChI=1S/C24H35N3O/c28-24(27-15-5-6-23(27)18-25-11-1-2-12-25)21-8-7-20-17-22(10-9-19(20)16-21)26-13-3-4-14-26/h7-8,16,22-23H,1-6,9-15,17-18H2. The van der Waals surface area contributed by atoms with Crippen LogP contribution in [0.2, 0.25) is 0 Å². The maximum atomic E-state index is 13.3. The van der Waals surface area contributed by atoms with Gasteiger partial charge in [0, 0.05) is 30.7 Å². The molecule has 0 radical (unpaired) electrons. The van der Waals surface area contributed by atoms with E-state index < -0.39 is 0 Å². The molecule has 1 aromatic rings. The van der Waals surface area contributed by atoms with Crippen LogP contribution in [0.4, 0.5) is 0 Å². The van der Waals surface area contributed by atoms with Crippen LogP contribution in [-0.4, -0.2) is 72.0 Å². The number of fused-ring (bicyclic) bond motifs is 1. The van der Waals surface area contributed by atoms with E-state index in [9.17, 15) is 4.79 Å². The van der Waals surface area contributed by atoms with E-state index in [1.54, 1.807) is 0 Å². The molecular weight excluding hydrogens is 346 g/mol. The zero-order chi connectivity index (χ0) is 18.9. The van der Waals surface area contributed by atoms with Crippen LogP contribution in [-0.2, 0) is 12.8 Å². The molecule has 3 saturated heterocycles. The van der Waals surface area contributed by atoms with Crippen LogP contribution in [0.15, 0.2) is 18.2 Å². The maximum Gasteiger partial charge on any atom is 0.254 e. The zero-order valence-electron chi connectivity index (χ0n) is 17.2. The summed E-state index contributed by atoms with van der Waals surface area (Å²) in [7, 11) is 0. The van der Waals surface area contributed by atoms with Crippen molar-refractivity contribution < 1.29 is 4.79 Å². The van der Waals surface area contributed by atoms with Gasteiger partial charge in [-0.15, -0.1) is 0 Å². The molecule has 0 saturated carbocycles. The van der Waals surface area contributed by atoms with E-state index in [-0.39, 0.29) is 5.91 Å². The Morgan fingerprint density at radius 2 is 1.68 bits per heavy atom. The number of hydrogen-bond donors (Lipinski definition) is 0. The fourth-order valence-corrected chi connectivity index (χ4v) is 6.01. The number of carbonyl (C=O) groups excluding carboxylic acids is 1. The van der Waals surface area contributed by atoms with Crippen molar-refractivity contribution in [1.82, 2.24) is 14.7 Å². The normalized spacial score (nSPS) is 28.8. The van der Waals surface area contributed by atoms with Gasteiger partial charge in [-0.05, 0) is 107 Å². The molecule has 28 heavy (non-hydrogen) atoms. The van der Waals surface area contributed by atoms with Crippen LogP contribution >= 0.6 is 0 Å². The summed E-state index contributed by atoms with van der Waals surface area (Å²) in [5, 5.41) is 0. The van der Waals surface area contributed by atoms with E-state index in [4.69, 9.17) is 0 Å². The first kappa shape index (κ1) is 18.6. The van der Waals surface area contributed by atoms with Crippen molar-refractivity contribution in [2.24, 2.45) is 0 Å². The van der Waals surface area contributed by atoms with E-state index in [0.717, 1.165) is 37.5 Å². The molecule has 1 amide bonds. The Labute approximate surface area is 169 Å². The fraction of sp³-hybridized carbons (Fsp3) is 0.708. The fourth-order valence-electron chi connectivity index (χ4n) is 6.01. The lowest BCUT2D eigenvalue weighted by Crippen LogP contribution is -2.42. The van der Waals surface area contributed by atoms with Crippen LogP contribution in [0, 0.1) is 0 Å². The second kappa shape index (κ2) is 8.16. The van der Waals surface area contributed by atoms with Crippen LogP contribution < -0.4 is 0 Å². The summed E-state index contributed by atoms with van der Waals surface area (Å²) >= 11 is 0. The van der Waals surface area contributed by atoms with Crippen molar-refractivity contribution in [3.8, 4) is 0 Å². The molecule has 4 aliphatic rings. The predicted molar refractivity (Wildman–Crippen MR) is 113 cm³/mol. The molecule has 5 rings (SSSR count). The van der Waals surface area contributed by atoms with E-state index in [2.05, 4.69) is 32.9 Å². The van der Waals surface area contributed by atoms with Gasteiger partial charge in [0.05, 0.1) is 0 Å². The quantitative estimate of drug-likeness (QED) is 0.800. The van der Waals surface area contributed by atoms with Gasteiger partial charge in [0.2, 0.25) is 0 Å². The summed E-state index contributed by atoms with van der Waals surface area (Å²) in [5.74, 6) is 0.270. The van der Waals surface area contributed by atoms with Gasteiger partial charge < -0.3 is 14.7 Å². The number of rotatable bonds is 4. The molecule has 1 aromatic carbocycles. The number of carbonyl (C=O) groups is 1. The number of amides is 1. The average molecular weight is 382 g/mol. The summed E-state index contributed by atoms with van der Waals surface area (Å²) in [5.41, 5.74) is 3.83. The number of hydrogen-bond acceptors (Lipinski definition) is 3. The average Bonchev–Trinajstić information content (AvgIpc) is 3.49. The first-order chi connectivity index (χ1) is 13.8. The third-order valence-electron chi connectivity index (χ3n) is 7.62. The van der Waals surface area contributed by atoms with Crippen molar-refractivity contribution in [3.63, 3.8) is 0 Å². The van der Waals surface area contributed by atoms with E-state index in [1.807, 2.05) is 0 Å². The lowest BCUT2D eigenvalue weighted by atomic mass is 9.86. The molecule has 0 aromatic heterocycles. The number of benzene rings is 1. The molecule has 3 heterocycles. The Balaban J connectivity index is 1.26. The number of nitrogens with zero attached hydrogens (tertiary/aromatic N) is 3. The Morgan fingerprint density at radius 1 is 0.893 bits per heavy atom. The van der Waals surface area contributed by atoms with Crippen LogP contribution in [0.5, 0.6) is 0 Å². The van der Waals surface area contributed by atoms with Crippen molar-refractivity contribution in [3.05, 3.63) is 34.9 Å². The maximum absolute atomic E-state index is 13.3. The number of aryl methyl sites for hydroxylation is 1. The summed E-state index contributed by atoms with van der Waals surface area (Å²) < 4.78 is 0. The Morgan fingerprint density at radius 3 is 2.50 bits per heavy atom. The molecule has 3 aliphatic heterocycles. The Bertz CT molecular complexity index is 706. The van der Waals surface area contributed by atoms with Gasteiger partial charge in [0.1, 0.15) is 0 Å². The van der Waals surface area contributed by atoms with Gasteiger partial charge in [0.25, 0.3) is 5.91 Å². The highest BCUT2D eigenvalue weighted by molar-refractivity contribution is 5.95. The molecule has 1 aliphatic carbocycles. The van der Waals surface area contributed by atoms with E-state index in [0.29, 0.717) is 6.04 Å². The van der Waals surface area contributed by atoms with Gasteiger partial charge in [-0.1, -0.05) is 6.07 Å². The first-order valence-corrected chi connectivity index (χ1v) is 11.7. The summed E-state index contributed by atoms with van der Waals surface area (Å²) in [6.45, 7) is 7.01. The summed E-state index contributed by atoms with van der Waals surface area (Å²) in [6, 6.07) is 7.74. The van der Waals surface area contributed by atoms with E-state index >= 15 is 0 Å². The molecule has 3 fully saturated rings. The van der Waals surface area contributed by atoms with Gasteiger partial charge in [-0.25, -0.2) is 0 Å². The highest BCUT2D eigenvalue weighted by Crippen LogP contribution is 2.29. The van der Waals surface area contributed by atoms with Crippen molar-refractivity contribution >= 4 is 5.91 Å². The van der Waals surface area contributed by atoms with Gasteiger partial charge >= 0.3 is 0 Å². The predicted octanol–water partition coefficient (Wildman–Crippen LogP) is 3.34. The van der Waals surface area contributed by atoms with Crippen molar-refractivity contribution in [2.75, 3.05) is 39.3 Å². The van der Waals surface area contributed by atoms with Crippen LogP contribution in [0.25, 0.3) is 0 Å². The van der Waals surface area contributed by atoms with E-state index in [1.165, 1.54) is 82.3 Å². The monoisotopic (exact) mass is 381 g/mol. The highest BCUT2D eigenvalue weighted by Gasteiger charge is 2.32.